The van der Waals surface area contributed by atoms with Crippen LogP contribution in [0.5, 0.6) is 0 Å². The minimum Gasteiger partial charge on any atom is -0.390 e. The van der Waals surface area contributed by atoms with Crippen molar-refractivity contribution in [2.24, 2.45) is 0 Å². The fourth-order valence-electron chi connectivity index (χ4n) is 2.17. The van der Waals surface area contributed by atoms with E-state index < -0.39 is 0 Å². The fourth-order valence-corrected chi connectivity index (χ4v) is 2.17. The SMILES string of the molecule is OCc1nnn(Cc2ccccc2F)c1-c1cccnc1. The summed E-state index contributed by atoms with van der Waals surface area (Å²) in [5.74, 6) is -0.296. The largest absolute Gasteiger partial charge is 0.390 e. The van der Waals surface area contributed by atoms with Gasteiger partial charge in [0.15, 0.2) is 0 Å². The molecule has 0 spiro atoms. The summed E-state index contributed by atoms with van der Waals surface area (Å²) >= 11 is 0. The molecule has 0 atom stereocenters. The van der Waals surface area contributed by atoms with Crippen LogP contribution >= 0.6 is 0 Å². The van der Waals surface area contributed by atoms with E-state index in [2.05, 4.69) is 15.3 Å². The van der Waals surface area contributed by atoms with Crippen molar-refractivity contribution in [2.75, 3.05) is 0 Å². The van der Waals surface area contributed by atoms with Crippen LogP contribution < -0.4 is 0 Å². The summed E-state index contributed by atoms with van der Waals surface area (Å²) in [6.45, 7) is 0.00536. The first kappa shape index (κ1) is 13.4. The van der Waals surface area contributed by atoms with Gasteiger partial charge < -0.3 is 5.11 Å². The van der Waals surface area contributed by atoms with Gasteiger partial charge in [0.2, 0.25) is 0 Å². The lowest BCUT2D eigenvalue weighted by molar-refractivity contribution is 0.277. The van der Waals surface area contributed by atoms with Crippen molar-refractivity contribution in [3.63, 3.8) is 0 Å². The molecule has 106 valence electrons. The minimum atomic E-state index is -0.296. The van der Waals surface area contributed by atoms with Crippen LogP contribution in [-0.4, -0.2) is 25.1 Å². The third-order valence-electron chi connectivity index (χ3n) is 3.17. The first-order valence-corrected chi connectivity index (χ1v) is 6.46. The lowest BCUT2D eigenvalue weighted by Crippen LogP contribution is -2.06. The molecule has 0 aliphatic rings. The lowest BCUT2D eigenvalue weighted by Gasteiger charge is -2.08. The number of nitrogens with zero attached hydrogens (tertiary/aromatic N) is 4. The molecule has 0 saturated carbocycles. The van der Waals surface area contributed by atoms with Crippen LogP contribution in [-0.2, 0) is 13.2 Å². The van der Waals surface area contributed by atoms with Gasteiger partial charge in [-0.3, -0.25) is 4.98 Å². The summed E-state index contributed by atoms with van der Waals surface area (Å²) in [6.07, 6.45) is 3.32. The number of aliphatic hydroxyl groups excluding tert-OH is 1. The molecule has 1 N–H and O–H groups in total. The second kappa shape index (κ2) is 5.80. The first-order valence-electron chi connectivity index (χ1n) is 6.46. The van der Waals surface area contributed by atoms with Gasteiger partial charge in [-0.1, -0.05) is 23.4 Å². The van der Waals surface area contributed by atoms with Gasteiger partial charge in [0.1, 0.15) is 11.5 Å². The number of benzene rings is 1. The number of hydrogen-bond acceptors (Lipinski definition) is 4. The van der Waals surface area contributed by atoms with Gasteiger partial charge in [-0.05, 0) is 18.2 Å². The Bertz CT molecular complexity index is 742. The maximum atomic E-state index is 13.8. The van der Waals surface area contributed by atoms with Gasteiger partial charge in [0.05, 0.1) is 18.8 Å². The van der Waals surface area contributed by atoms with Crippen molar-refractivity contribution in [2.45, 2.75) is 13.2 Å². The van der Waals surface area contributed by atoms with E-state index in [0.29, 0.717) is 17.0 Å². The van der Waals surface area contributed by atoms with Gasteiger partial charge >= 0.3 is 0 Å². The Hall–Kier alpha value is -2.60. The summed E-state index contributed by atoms with van der Waals surface area (Å²) in [5, 5.41) is 17.4. The molecule has 6 heteroatoms. The van der Waals surface area contributed by atoms with Crippen molar-refractivity contribution < 1.29 is 9.50 Å². The number of hydrogen-bond donors (Lipinski definition) is 1. The minimum absolute atomic E-state index is 0.235. The average molecular weight is 284 g/mol. The zero-order valence-electron chi connectivity index (χ0n) is 11.1. The molecule has 0 fully saturated rings. The predicted molar refractivity (Wildman–Crippen MR) is 74.7 cm³/mol. The van der Waals surface area contributed by atoms with E-state index in [4.69, 9.17) is 0 Å². The maximum Gasteiger partial charge on any atom is 0.128 e. The third-order valence-corrected chi connectivity index (χ3v) is 3.17. The van der Waals surface area contributed by atoms with Crippen LogP contribution in [0.25, 0.3) is 11.3 Å². The number of aliphatic hydroxyl groups is 1. The Morgan fingerprint density at radius 3 is 2.71 bits per heavy atom. The van der Waals surface area contributed by atoms with E-state index in [0.717, 1.165) is 5.56 Å². The highest BCUT2D eigenvalue weighted by Gasteiger charge is 2.15. The van der Waals surface area contributed by atoms with Crippen LogP contribution in [0.3, 0.4) is 0 Å². The summed E-state index contributed by atoms with van der Waals surface area (Å²) in [7, 11) is 0. The molecule has 0 radical (unpaired) electrons. The van der Waals surface area contributed by atoms with Gasteiger partial charge in [-0.25, -0.2) is 9.07 Å². The summed E-state index contributed by atoms with van der Waals surface area (Å²) < 4.78 is 15.3. The van der Waals surface area contributed by atoms with E-state index in [1.165, 1.54) is 6.07 Å². The maximum absolute atomic E-state index is 13.8. The lowest BCUT2D eigenvalue weighted by atomic mass is 10.1. The predicted octanol–water partition coefficient (Wildman–Crippen LogP) is 2.02. The zero-order chi connectivity index (χ0) is 14.7. The highest BCUT2D eigenvalue weighted by molar-refractivity contribution is 5.60. The molecule has 3 aromatic rings. The van der Waals surface area contributed by atoms with E-state index in [1.54, 1.807) is 41.3 Å². The smallest absolute Gasteiger partial charge is 0.128 e. The average Bonchev–Trinajstić information content (AvgIpc) is 2.93. The van der Waals surface area contributed by atoms with Crippen LogP contribution in [0, 0.1) is 5.82 Å². The molecule has 1 aromatic carbocycles. The van der Waals surface area contributed by atoms with Crippen LogP contribution in [0.4, 0.5) is 4.39 Å². The van der Waals surface area contributed by atoms with E-state index >= 15 is 0 Å². The highest BCUT2D eigenvalue weighted by atomic mass is 19.1. The van der Waals surface area contributed by atoms with Crippen LogP contribution in [0.2, 0.25) is 0 Å². The third kappa shape index (κ3) is 2.66. The Kier molecular flexibility index (Phi) is 3.70. The summed E-state index contributed by atoms with van der Waals surface area (Å²) in [4.78, 5) is 4.06. The van der Waals surface area contributed by atoms with E-state index in [-0.39, 0.29) is 19.0 Å². The molecule has 5 nitrogen and oxygen atoms in total. The van der Waals surface area contributed by atoms with Gasteiger partial charge in [-0.2, -0.15) is 0 Å². The molecule has 2 aromatic heterocycles. The Labute approximate surface area is 120 Å². The molecule has 21 heavy (non-hydrogen) atoms. The first-order chi connectivity index (χ1) is 10.3. The van der Waals surface area contributed by atoms with Crippen LogP contribution in [0.1, 0.15) is 11.3 Å². The van der Waals surface area contributed by atoms with Crippen molar-refractivity contribution >= 4 is 0 Å². The Balaban J connectivity index is 2.04. The van der Waals surface area contributed by atoms with Gasteiger partial charge in [0.25, 0.3) is 0 Å². The second-order valence-corrected chi connectivity index (χ2v) is 4.53. The molecule has 0 unspecified atom stereocenters. The molecule has 0 aliphatic carbocycles. The zero-order valence-corrected chi connectivity index (χ0v) is 11.1. The van der Waals surface area contributed by atoms with E-state index in [9.17, 15) is 9.50 Å². The summed E-state index contributed by atoms with van der Waals surface area (Å²) in [6, 6.07) is 10.2. The molecule has 0 bridgehead atoms. The number of aromatic nitrogens is 4. The van der Waals surface area contributed by atoms with Crippen molar-refractivity contribution in [3.8, 4) is 11.3 Å². The molecule has 2 heterocycles. The molecular formula is C15H13FN4O. The molecule has 0 aliphatic heterocycles. The van der Waals surface area contributed by atoms with Crippen LogP contribution in [0.15, 0.2) is 48.8 Å². The monoisotopic (exact) mass is 284 g/mol. The normalized spacial score (nSPS) is 10.8. The molecule has 0 amide bonds. The van der Waals surface area contributed by atoms with Crippen molar-refractivity contribution in [1.29, 1.82) is 0 Å². The Morgan fingerprint density at radius 2 is 2.00 bits per heavy atom. The fraction of sp³-hybridized carbons (Fsp3) is 0.133. The standard InChI is InChI=1S/C15H13FN4O/c16-13-6-2-1-4-12(13)9-20-15(14(10-21)18-19-20)11-5-3-7-17-8-11/h1-8,21H,9-10H2. The molecule has 0 saturated heterocycles. The van der Waals surface area contributed by atoms with E-state index in [1.807, 2.05) is 6.07 Å². The number of halogens is 1. The number of rotatable bonds is 4. The quantitative estimate of drug-likeness (QED) is 0.796. The highest BCUT2D eigenvalue weighted by Crippen LogP contribution is 2.22. The second-order valence-electron chi connectivity index (χ2n) is 4.53. The Morgan fingerprint density at radius 1 is 1.14 bits per heavy atom. The molecule has 3 rings (SSSR count). The van der Waals surface area contributed by atoms with Crippen molar-refractivity contribution in [3.05, 3.63) is 65.9 Å². The molecular weight excluding hydrogens is 271 g/mol. The van der Waals surface area contributed by atoms with Gasteiger partial charge in [0, 0.05) is 23.5 Å². The summed E-state index contributed by atoms with van der Waals surface area (Å²) in [5.41, 5.74) is 2.38. The topological polar surface area (TPSA) is 63.8 Å². The van der Waals surface area contributed by atoms with Crippen molar-refractivity contribution in [1.82, 2.24) is 20.0 Å². The number of pyridine rings is 1. The van der Waals surface area contributed by atoms with Gasteiger partial charge in [-0.15, -0.1) is 5.10 Å².